The Morgan fingerprint density at radius 3 is 2.83 bits per heavy atom. The first kappa shape index (κ1) is 14.9. The molecule has 1 atom stereocenters. The van der Waals surface area contributed by atoms with E-state index in [1.165, 1.54) is 23.9 Å². The van der Waals surface area contributed by atoms with Crippen LogP contribution in [-0.2, 0) is 5.75 Å². The molecule has 7 heteroatoms. The first-order valence-corrected chi connectivity index (χ1v) is 6.17. The normalized spacial score (nSPS) is 11.9. The summed E-state index contributed by atoms with van der Waals surface area (Å²) in [5.41, 5.74) is 4.68. The number of thioether (sulfide) groups is 1. The van der Waals surface area contributed by atoms with Crippen LogP contribution in [0.15, 0.2) is 33.9 Å². The molecule has 0 saturated carbocycles. The molecule has 0 aliphatic rings. The van der Waals surface area contributed by atoms with Crippen LogP contribution in [0.4, 0.5) is 4.39 Å². The lowest BCUT2D eigenvalue weighted by atomic mass is 10.2. The molecule has 0 unspecified atom stereocenters. The summed E-state index contributed by atoms with van der Waals surface area (Å²) in [6.45, 7) is 1.88. The molecule has 1 aromatic heterocycles. The third kappa shape index (κ3) is 3.97. The quantitative estimate of drug-likeness (QED) is 0.719. The Hall–Kier alpha value is -1.11. The minimum absolute atomic E-state index is 0. The van der Waals surface area contributed by atoms with Gasteiger partial charge in [0.15, 0.2) is 6.04 Å². The van der Waals surface area contributed by atoms with Crippen LogP contribution in [-0.4, -0.2) is 10.2 Å². The van der Waals surface area contributed by atoms with Crippen molar-refractivity contribution in [3.63, 3.8) is 0 Å². The summed E-state index contributed by atoms with van der Waals surface area (Å²) in [6.07, 6.45) is 0. The molecule has 1 heterocycles. The molecule has 0 aliphatic heterocycles. The molecule has 0 amide bonds. The van der Waals surface area contributed by atoms with Crippen molar-refractivity contribution in [3.8, 4) is 0 Å². The van der Waals surface area contributed by atoms with Gasteiger partial charge in [-0.05, 0) is 24.6 Å². The first-order valence-electron chi connectivity index (χ1n) is 5.19. The number of aromatic nitrogens is 2. The lowest BCUT2D eigenvalue weighted by molar-refractivity contribution is -0.425. The second kappa shape index (κ2) is 6.72. The molecule has 0 radical (unpaired) electrons. The topological polar surface area (TPSA) is 66.6 Å². The Bertz CT molecular complexity index is 507. The molecule has 0 bridgehead atoms. The van der Waals surface area contributed by atoms with Gasteiger partial charge < -0.3 is 22.6 Å². The van der Waals surface area contributed by atoms with E-state index in [1.54, 1.807) is 6.07 Å². The van der Waals surface area contributed by atoms with E-state index >= 15 is 0 Å². The van der Waals surface area contributed by atoms with Gasteiger partial charge in [-0.3, -0.25) is 0 Å². The average molecular weight is 290 g/mol. The molecule has 4 nitrogen and oxygen atoms in total. The molecule has 18 heavy (non-hydrogen) atoms. The van der Waals surface area contributed by atoms with Crippen molar-refractivity contribution in [2.75, 3.05) is 0 Å². The van der Waals surface area contributed by atoms with Gasteiger partial charge in [0.1, 0.15) is 5.82 Å². The zero-order valence-electron chi connectivity index (χ0n) is 9.77. The maximum atomic E-state index is 12.9. The van der Waals surface area contributed by atoms with Crippen molar-refractivity contribution in [2.45, 2.75) is 23.9 Å². The Kier molecular flexibility index (Phi) is 5.58. The second-order valence-corrected chi connectivity index (χ2v) is 4.65. The Labute approximate surface area is 115 Å². The van der Waals surface area contributed by atoms with Gasteiger partial charge in [0.2, 0.25) is 0 Å². The Morgan fingerprint density at radius 2 is 2.22 bits per heavy atom. The summed E-state index contributed by atoms with van der Waals surface area (Å²) < 4.78 is 18.3. The summed E-state index contributed by atoms with van der Waals surface area (Å²) in [5, 5.41) is 8.24. The summed E-state index contributed by atoms with van der Waals surface area (Å²) in [5.74, 6) is 0.887. The van der Waals surface area contributed by atoms with E-state index in [0.717, 1.165) is 5.56 Å². The molecule has 2 aromatic rings. The largest absolute Gasteiger partial charge is 1.00 e. The van der Waals surface area contributed by atoms with E-state index in [1.807, 2.05) is 13.0 Å². The fourth-order valence-electron chi connectivity index (χ4n) is 1.25. The monoisotopic (exact) mass is 289 g/mol. The maximum Gasteiger partial charge on any atom is 0.277 e. The number of benzene rings is 1. The molecular formula is C11H13ClFN3OS. The fraction of sp³-hybridized carbons (Fsp3) is 0.273. The van der Waals surface area contributed by atoms with Crippen molar-refractivity contribution in [3.05, 3.63) is 41.5 Å². The van der Waals surface area contributed by atoms with Gasteiger partial charge in [0.05, 0.1) is 0 Å². The molecule has 1 aromatic carbocycles. The van der Waals surface area contributed by atoms with Crippen molar-refractivity contribution in [1.29, 1.82) is 0 Å². The van der Waals surface area contributed by atoms with E-state index in [4.69, 9.17) is 4.42 Å². The van der Waals surface area contributed by atoms with Gasteiger partial charge in [0, 0.05) is 5.75 Å². The van der Waals surface area contributed by atoms with Crippen molar-refractivity contribution < 1.29 is 26.9 Å². The zero-order chi connectivity index (χ0) is 12.3. The van der Waals surface area contributed by atoms with Gasteiger partial charge in [-0.2, -0.15) is 0 Å². The third-order valence-corrected chi connectivity index (χ3v) is 2.98. The molecule has 0 saturated heterocycles. The van der Waals surface area contributed by atoms with E-state index in [2.05, 4.69) is 15.9 Å². The van der Waals surface area contributed by atoms with Crippen LogP contribution in [0.3, 0.4) is 0 Å². The lowest BCUT2D eigenvalue weighted by Crippen LogP contribution is -3.00. The summed E-state index contributed by atoms with van der Waals surface area (Å²) in [6, 6.07) is 6.43. The molecule has 0 spiro atoms. The average Bonchev–Trinajstić information content (AvgIpc) is 2.75. The van der Waals surface area contributed by atoms with E-state index in [9.17, 15) is 4.39 Å². The highest BCUT2D eigenvalue weighted by atomic mass is 35.5. The number of rotatable bonds is 4. The van der Waals surface area contributed by atoms with Crippen LogP contribution in [0.1, 0.15) is 24.4 Å². The van der Waals surface area contributed by atoms with Gasteiger partial charge >= 0.3 is 0 Å². The smallest absolute Gasteiger partial charge is 0.277 e. The number of hydrogen-bond acceptors (Lipinski definition) is 4. The molecular weight excluding hydrogens is 277 g/mol. The molecule has 98 valence electrons. The molecule has 2 rings (SSSR count). The minimum Gasteiger partial charge on any atom is -1.00 e. The highest BCUT2D eigenvalue weighted by molar-refractivity contribution is 7.98. The Morgan fingerprint density at radius 1 is 1.44 bits per heavy atom. The predicted molar refractivity (Wildman–Crippen MR) is 61.6 cm³/mol. The van der Waals surface area contributed by atoms with E-state index in [0.29, 0.717) is 16.9 Å². The summed E-state index contributed by atoms with van der Waals surface area (Å²) in [4.78, 5) is 0. The van der Waals surface area contributed by atoms with Crippen LogP contribution < -0.4 is 18.1 Å². The zero-order valence-corrected chi connectivity index (χ0v) is 11.3. The van der Waals surface area contributed by atoms with Crippen LogP contribution in [0, 0.1) is 5.82 Å². The second-order valence-electron chi connectivity index (χ2n) is 3.73. The van der Waals surface area contributed by atoms with E-state index in [-0.39, 0.29) is 24.3 Å². The number of quaternary nitrogens is 1. The van der Waals surface area contributed by atoms with Crippen molar-refractivity contribution in [2.24, 2.45) is 0 Å². The SMILES string of the molecule is C[C@H]([NH3+])c1nnc(SCc2cccc(F)c2)o1.[Cl-]. The fourth-order valence-corrected chi connectivity index (χ4v) is 1.96. The van der Waals surface area contributed by atoms with Gasteiger partial charge in [-0.15, -0.1) is 10.2 Å². The number of nitrogens with zero attached hydrogens (tertiary/aromatic N) is 2. The minimum atomic E-state index is -0.235. The summed E-state index contributed by atoms with van der Waals surface area (Å²) >= 11 is 1.39. The third-order valence-electron chi connectivity index (χ3n) is 2.09. The molecule has 3 N–H and O–H groups in total. The van der Waals surface area contributed by atoms with Gasteiger partial charge in [-0.25, -0.2) is 4.39 Å². The van der Waals surface area contributed by atoms with Crippen LogP contribution in [0.2, 0.25) is 0 Å². The number of hydrogen-bond donors (Lipinski definition) is 1. The van der Waals surface area contributed by atoms with Crippen molar-refractivity contribution in [1.82, 2.24) is 10.2 Å². The van der Waals surface area contributed by atoms with Crippen LogP contribution in [0.5, 0.6) is 0 Å². The van der Waals surface area contributed by atoms with Gasteiger partial charge in [-0.1, -0.05) is 23.9 Å². The summed E-state index contributed by atoms with van der Waals surface area (Å²) in [7, 11) is 0. The van der Waals surface area contributed by atoms with Crippen LogP contribution >= 0.6 is 11.8 Å². The highest BCUT2D eigenvalue weighted by Gasteiger charge is 2.12. The highest BCUT2D eigenvalue weighted by Crippen LogP contribution is 2.22. The lowest BCUT2D eigenvalue weighted by Gasteiger charge is -1.98. The Balaban J connectivity index is 0.00000162. The van der Waals surface area contributed by atoms with Crippen LogP contribution in [0.25, 0.3) is 0 Å². The first-order chi connectivity index (χ1) is 8.15. The number of halogens is 2. The van der Waals surface area contributed by atoms with Gasteiger partial charge in [0.25, 0.3) is 11.1 Å². The maximum absolute atomic E-state index is 12.9. The predicted octanol–water partition coefficient (Wildman–Crippen LogP) is -1.19. The molecule has 0 aliphatic carbocycles. The van der Waals surface area contributed by atoms with E-state index < -0.39 is 0 Å². The standard InChI is InChI=1S/C11H12FN3OS.ClH/c1-7(13)10-14-15-11(16-10)17-6-8-3-2-4-9(12)5-8;/h2-5,7H,6,13H2,1H3;1H/t7-;/m0./s1. The molecule has 0 fully saturated rings. The van der Waals surface area contributed by atoms with Crippen molar-refractivity contribution >= 4 is 11.8 Å².